The zero-order chi connectivity index (χ0) is 33.5. The topological polar surface area (TPSA) is 142 Å². The summed E-state index contributed by atoms with van der Waals surface area (Å²) in [5.41, 5.74) is 6.60. The summed E-state index contributed by atoms with van der Waals surface area (Å²) in [6, 6.07) is 2.33. The molecule has 3 atom stereocenters. The standard InChI is InChI=1S/C34H44N8O5S/c1-6-20-10-9-11-21-16-23-22(17-35-42(23)24-12-7-8-14-47-24)26(25(20)21)28-30-29(40(4)38-28)27-31(39(30)3)36-33(48(5,44)45)37-32(27)41-13-15-46-19-34(2,43)18-41/h16-17,20,24,43H,6-15,18-19H2,1-5H3/t20-,24?,34+/m1/s1. The largest absolute Gasteiger partial charge is 0.386 e. The summed E-state index contributed by atoms with van der Waals surface area (Å²) in [6.07, 6.45) is 10.3. The molecule has 48 heavy (non-hydrogen) atoms. The van der Waals surface area contributed by atoms with Crippen molar-refractivity contribution in [1.82, 2.24) is 34.1 Å². The van der Waals surface area contributed by atoms with Crippen molar-refractivity contribution in [1.29, 1.82) is 0 Å². The van der Waals surface area contributed by atoms with Crippen LogP contribution >= 0.6 is 0 Å². The molecule has 0 bridgehead atoms. The van der Waals surface area contributed by atoms with Gasteiger partial charge in [-0.25, -0.2) is 18.1 Å². The fourth-order valence-corrected chi connectivity index (χ4v) is 8.76. The molecular weight excluding hydrogens is 632 g/mol. The van der Waals surface area contributed by atoms with E-state index in [4.69, 9.17) is 19.7 Å². The molecular formula is C34H44N8O5S. The molecule has 2 saturated heterocycles. The number of hydrogen-bond acceptors (Lipinski definition) is 10. The Hall–Kier alpha value is -3.59. The summed E-state index contributed by atoms with van der Waals surface area (Å²) < 4.78 is 43.8. The fraction of sp³-hybridized carbons (Fsp3) is 0.588. The average Bonchev–Trinajstić information content (AvgIpc) is 3.68. The molecule has 3 aliphatic rings. The monoisotopic (exact) mass is 676 g/mol. The first-order valence-corrected chi connectivity index (χ1v) is 19.0. The molecule has 0 spiro atoms. The highest BCUT2D eigenvalue weighted by atomic mass is 32.2. The van der Waals surface area contributed by atoms with E-state index in [9.17, 15) is 13.5 Å². The van der Waals surface area contributed by atoms with Crippen LogP contribution in [0.1, 0.15) is 75.6 Å². The molecule has 0 saturated carbocycles. The number of ether oxygens (including phenoxy) is 2. The van der Waals surface area contributed by atoms with Crippen LogP contribution in [-0.2, 0) is 39.8 Å². The number of nitrogens with zero attached hydrogens (tertiary/aromatic N) is 8. The predicted octanol–water partition coefficient (Wildman–Crippen LogP) is 4.39. The third-order valence-electron chi connectivity index (χ3n) is 10.4. The predicted molar refractivity (Wildman–Crippen MR) is 183 cm³/mol. The molecule has 0 amide bonds. The lowest BCUT2D eigenvalue weighted by Crippen LogP contribution is -2.42. The molecule has 256 valence electrons. The first-order valence-electron chi connectivity index (χ1n) is 17.1. The normalized spacial score (nSPS) is 24.1. The van der Waals surface area contributed by atoms with Crippen LogP contribution in [0.4, 0.5) is 5.82 Å². The van der Waals surface area contributed by atoms with Gasteiger partial charge >= 0.3 is 0 Å². The number of aromatic nitrogens is 7. The molecule has 1 unspecified atom stereocenters. The van der Waals surface area contributed by atoms with Crippen LogP contribution in [0.2, 0.25) is 0 Å². The first-order chi connectivity index (χ1) is 23.0. The van der Waals surface area contributed by atoms with Crippen molar-refractivity contribution in [3.05, 3.63) is 23.4 Å². The Kier molecular flexibility index (Phi) is 7.58. The minimum absolute atomic E-state index is 0.101. The summed E-state index contributed by atoms with van der Waals surface area (Å²) in [5.74, 6) is 0.820. The lowest BCUT2D eigenvalue weighted by Gasteiger charge is -2.29. The van der Waals surface area contributed by atoms with Gasteiger partial charge in [0.25, 0.3) is 5.16 Å². The van der Waals surface area contributed by atoms with E-state index in [2.05, 4.69) is 27.6 Å². The molecule has 6 heterocycles. The van der Waals surface area contributed by atoms with Crippen molar-refractivity contribution in [3.63, 3.8) is 0 Å². The van der Waals surface area contributed by atoms with Crippen LogP contribution in [-0.4, -0.2) is 92.4 Å². The number of aryl methyl sites for hydroxylation is 3. The molecule has 0 radical (unpaired) electrons. The molecule has 1 aliphatic carbocycles. The molecule has 4 aromatic heterocycles. The van der Waals surface area contributed by atoms with E-state index in [1.165, 1.54) is 11.1 Å². The van der Waals surface area contributed by atoms with Crippen molar-refractivity contribution < 1.29 is 23.0 Å². The second-order valence-electron chi connectivity index (χ2n) is 14.2. The third kappa shape index (κ3) is 5.02. The van der Waals surface area contributed by atoms with Crippen LogP contribution in [0.5, 0.6) is 0 Å². The van der Waals surface area contributed by atoms with Gasteiger partial charge in [0.05, 0.1) is 47.9 Å². The van der Waals surface area contributed by atoms with E-state index < -0.39 is 15.4 Å². The summed E-state index contributed by atoms with van der Waals surface area (Å²) in [4.78, 5) is 11.2. The van der Waals surface area contributed by atoms with Crippen molar-refractivity contribution in [2.75, 3.05) is 44.1 Å². The molecule has 1 N–H and O–H groups in total. The number of rotatable bonds is 5. The van der Waals surface area contributed by atoms with Crippen LogP contribution < -0.4 is 4.90 Å². The van der Waals surface area contributed by atoms with E-state index >= 15 is 0 Å². The molecule has 8 rings (SSSR count). The highest BCUT2D eigenvalue weighted by Gasteiger charge is 2.35. The van der Waals surface area contributed by atoms with Crippen LogP contribution in [0.25, 0.3) is 44.2 Å². The molecule has 1 aromatic carbocycles. The number of sulfone groups is 1. The number of fused-ring (bicyclic) bond motifs is 5. The van der Waals surface area contributed by atoms with Gasteiger partial charge in [0.15, 0.2) is 6.23 Å². The van der Waals surface area contributed by atoms with Gasteiger partial charge in [-0.1, -0.05) is 6.92 Å². The van der Waals surface area contributed by atoms with Gasteiger partial charge < -0.3 is 24.0 Å². The van der Waals surface area contributed by atoms with Gasteiger partial charge in [-0.3, -0.25) is 4.68 Å². The highest BCUT2D eigenvalue weighted by molar-refractivity contribution is 7.90. The molecule has 2 fully saturated rings. The average molecular weight is 677 g/mol. The Labute approximate surface area is 279 Å². The molecule has 14 heteroatoms. The lowest BCUT2D eigenvalue weighted by molar-refractivity contribution is -0.0366. The highest BCUT2D eigenvalue weighted by Crippen LogP contribution is 2.48. The SMILES string of the molecule is CC[C@@H]1CCCc2cc3c(cnn3C3CCCCO3)c(-c3nn(C)c4c5c(N6CCOC[C@@](C)(O)C6)nc(S(C)(=O)=O)nc5n(C)c34)c21. The summed E-state index contributed by atoms with van der Waals surface area (Å²) in [6.45, 7) is 5.89. The minimum Gasteiger partial charge on any atom is -0.386 e. The lowest BCUT2D eigenvalue weighted by atomic mass is 9.77. The van der Waals surface area contributed by atoms with E-state index in [0.717, 1.165) is 91.0 Å². The number of benzene rings is 1. The molecule has 13 nitrogen and oxygen atoms in total. The summed E-state index contributed by atoms with van der Waals surface area (Å²) in [7, 11) is 0.0773. The Morgan fingerprint density at radius 3 is 2.69 bits per heavy atom. The Balaban J connectivity index is 1.45. The van der Waals surface area contributed by atoms with Crippen LogP contribution in [0, 0.1) is 0 Å². The zero-order valence-corrected chi connectivity index (χ0v) is 29.2. The van der Waals surface area contributed by atoms with Gasteiger partial charge in [0.1, 0.15) is 22.8 Å². The maximum absolute atomic E-state index is 13.0. The zero-order valence-electron chi connectivity index (χ0n) is 28.4. The second kappa shape index (κ2) is 11.5. The van der Waals surface area contributed by atoms with Crippen molar-refractivity contribution in [2.24, 2.45) is 14.1 Å². The number of hydrogen-bond donors (Lipinski definition) is 1. The summed E-state index contributed by atoms with van der Waals surface area (Å²) in [5, 5.41) is 22.8. The van der Waals surface area contributed by atoms with Gasteiger partial charge in [0, 0.05) is 44.5 Å². The fourth-order valence-electron chi connectivity index (χ4n) is 8.26. The number of aliphatic hydroxyl groups is 1. The van der Waals surface area contributed by atoms with E-state index in [1.807, 2.05) is 34.4 Å². The Morgan fingerprint density at radius 2 is 1.94 bits per heavy atom. The molecule has 5 aromatic rings. The number of anilines is 1. The third-order valence-corrected chi connectivity index (χ3v) is 11.3. The van der Waals surface area contributed by atoms with Gasteiger partial charge in [-0.2, -0.15) is 15.2 Å². The number of β-amino-alcohol motifs (C(OH)–C–C–N with tert-alkyl or cyclic N) is 1. The summed E-state index contributed by atoms with van der Waals surface area (Å²) >= 11 is 0. The molecule has 2 aliphatic heterocycles. The van der Waals surface area contributed by atoms with E-state index in [0.29, 0.717) is 35.9 Å². The van der Waals surface area contributed by atoms with Gasteiger partial charge in [-0.05, 0) is 75.0 Å². The van der Waals surface area contributed by atoms with Crippen LogP contribution in [0.3, 0.4) is 0 Å². The first kappa shape index (κ1) is 31.7. The van der Waals surface area contributed by atoms with Crippen molar-refractivity contribution >= 4 is 48.6 Å². The Bertz CT molecular complexity index is 2180. The van der Waals surface area contributed by atoms with E-state index in [-0.39, 0.29) is 24.5 Å². The Morgan fingerprint density at radius 1 is 1.10 bits per heavy atom. The van der Waals surface area contributed by atoms with Gasteiger partial charge in [-0.15, -0.1) is 0 Å². The van der Waals surface area contributed by atoms with Crippen LogP contribution in [0.15, 0.2) is 17.4 Å². The minimum atomic E-state index is -3.76. The maximum Gasteiger partial charge on any atom is 0.250 e. The van der Waals surface area contributed by atoms with Gasteiger partial charge in [0.2, 0.25) is 9.84 Å². The maximum atomic E-state index is 13.0. The smallest absolute Gasteiger partial charge is 0.250 e. The quantitative estimate of drug-likeness (QED) is 0.266. The van der Waals surface area contributed by atoms with E-state index in [1.54, 1.807) is 6.92 Å². The van der Waals surface area contributed by atoms with Crippen molar-refractivity contribution in [2.45, 2.75) is 81.7 Å². The van der Waals surface area contributed by atoms with Crippen molar-refractivity contribution in [3.8, 4) is 11.3 Å². The second-order valence-corrected chi connectivity index (χ2v) is 16.1.